The molecule has 23 heavy (non-hydrogen) atoms. The molecular weight excluding hydrogens is 403 g/mol. The van der Waals surface area contributed by atoms with E-state index in [0.29, 0.717) is 11.3 Å². The third-order valence-electron chi connectivity index (χ3n) is 3.77. The minimum absolute atomic E-state index is 0. The van der Waals surface area contributed by atoms with E-state index >= 15 is 0 Å². The van der Waals surface area contributed by atoms with Crippen molar-refractivity contribution in [2.24, 2.45) is 10.4 Å². The van der Waals surface area contributed by atoms with E-state index in [-0.39, 0.29) is 24.0 Å². The van der Waals surface area contributed by atoms with Gasteiger partial charge in [-0.15, -0.1) is 24.0 Å². The molecule has 6 heteroatoms. The highest BCUT2D eigenvalue weighted by Crippen LogP contribution is 2.19. The number of hydrogen-bond donors (Lipinski definition) is 2. The summed E-state index contributed by atoms with van der Waals surface area (Å²) in [5, 5.41) is 6.66. The van der Waals surface area contributed by atoms with Gasteiger partial charge in [-0.1, -0.05) is 20.8 Å². The molecule has 1 saturated heterocycles. The number of likely N-dealkylation sites (tertiary alicyclic amines) is 1. The first-order chi connectivity index (χ1) is 10.4. The molecule has 0 saturated carbocycles. The van der Waals surface area contributed by atoms with E-state index in [1.54, 1.807) is 0 Å². The molecule has 2 N–H and O–H groups in total. The molecule has 0 aromatic carbocycles. The molecule has 0 atom stereocenters. The second-order valence-electron chi connectivity index (χ2n) is 7.19. The maximum atomic E-state index is 11.5. The van der Waals surface area contributed by atoms with Crippen molar-refractivity contribution in [3.8, 4) is 0 Å². The van der Waals surface area contributed by atoms with Crippen LogP contribution < -0.4 is 10.6 Å². The first-order valence-electron chi connectivity index (χ1n) is 8.72. The van der Waals surface area contributed by atoms with Gasteiger partial charge in [-0.3, -0.25) is 9.79 Å². The number of nitrogens with one attached hydrogen (secondary N) is 2. The monoisotopic (exact) mass is 438 g/mol. The van der Waals surface area contributed by atoms with Crippen LogP contribution in [0.4, 0.5) is 0 Å². The third kappa shape index (κ3) is 10.8. The van der Waals surface area contributed by atoms with Gasteiger partial charge in [0.15, 0.2) is 5.96 Å². The van der Waals surface area contributed by atoms with Crippen LogP contribution in [0.15, 0.2) is 4.99 Å². The van der Waals surface area contributed by atoms with Crippen LogP contribution in [0.1, 0.15) is 59.8 Å². The Morgan fingerprint density at radius 2 is 2.00 bits per heavy atom. The molecule has 1 amide bonds. The molecule has 0 aliphatic carbocycles. The third-order valence-corrected chi connectivity index (χ3v) is 3.77. The molecule has 0 unspecified atom stereocenters. The molecule has 1 aliphatic heterocycles. The average Bonchev–Trinajstić information content (AvgIpc) is 2.84. The summed E-state index contributed by atoms with van der Waals surface area (Å²) in [7, 11) is 0. The largest absolute Gasteiger partial charge is 0.357 e. The Kier molecular flexibility index (Phi) is 11.6. The summed E-state index contributed by atoms with van der Waals surface area (Å²) in [6.07, 6.45) is 5.03. The highest BCUT2D eigenvalue weighted by Gasteiger charge is 2.18. The lowest BCUT2D eigenvalue weighted by molar-refractivity contribution is -0.127. The fourth-order valence-corrected chi connectivity index (χ4v) is 2.56. The zero-order valence-corrected chi connectivity index (χ0v) is 17.6. The van der Waals surface area contributed by atoms with Gasteiger partial charge in [0, 0.05) is 39.1 Å². The Bertz CT molecular complexity index is 366. The Hall–Kier alpha value is -0.530. The molecule has 0 bridgehead atoms. The normalized spacial score (nSPS) is 15.6. The number of halogens is 1. The molecule has 1 rings (SSSR count). The lowest BCUT2D eigenvalue weighted by atomic mass is 9.91. The second-order valence-corrected chi connectivity index (χ2v) is 7.19. The zero-order valence-electron chi connectivity index (χ0n) is 15.3. The van der Waals surface area contributed by atoms with Crippen molar-refractivity contribution in [3.63, 3.8) is 0 Å². The number of aliphatic imine (C=N–C) groups is 1. The Morgan fingerprint density at radius 1 is 1.26 bits per heavy atom. The van der Waals surface area contributed by atoms with E-state index in [4.69, 9.17) is 0 Å². The van der Waals surface area contributed by atoms with Gasteiger partial charge in [-0.25, -0.2) is 0 Å². The summed E-state index contributed by atoms with van der Waals surface area (Å²) in [5.74, 6) is 1.19. The molecule has 0 radical (unpaired) electrons. The van der Waals surface area contributed by atoms with Crippen LogP contribution in [-0.4, -0.2) is 49.5 Å². The van der Waals surface area contributed by atoms with E-state index in [1.165, 1.54) is 6.42 Å². The lowest BCUT2D eigenvalue weighted by Gasteiger charge is -2.18. The molecule has 1 heterocycles. The summed E-state index contributed by atoms with van der Waals surface area (Å²) in [4.78, 5) is 18.1. The van der Waals surface area contributed by atoms with Gasteiger partial charge in [0.05, 0.1) is 0 Å². The van der Waals surface area contributed by atoms with Gasteiger partial charge < -0.3 is 15.5 Å². The summed E-state index contributed by atoms with van der Waals surface area (Å²) < 4.78 is 0. The van der Waals surface area contributed by atoms with E-state index in [1.807, 2.05) is 4.90 Å². The summed E-state index contributed by atoms with van der Waals surface area (Å²) in [6.45, 7) is 13.2. The Morgan fingerprint density at radius 3 is 2.57 bits per heavy atom. The number of nitrogens with zero attached hydrogens (tertiary/aromatic N) is 2. The summed E-state index contributed by atoms with van der Waals surface area (Å²) in [5.41, 5.74) is 0.388. The first-order valence-corrected chi connectivity index (χ1v) is 8.72. The van der Waals surface area contributed by atoms with Crippen LogP contribution in [-0.2, 0) is 4.79 Å². The van der Waals surface area contributed by atoms with E-state index < -0.39 is 0 Å². The van der Waals surface area contributed by atoms with Crippen LogP contribution in [0, 0.1) is 5.41 Å². The fraction of sp³-hybridized carbons (Fsp3) is 0.882. The SMILES string of the molecule is CCNC(=NCCCN1CCCC1=O)NCCCC(C)(C)C.I. The number of guanidine groups is 1. The summed E-state index contributed by atoms with van der Waals surface area (Å²) in [6, 6.07) is 0. The van der Waals surface area contributed by atoms with Gasteiger partial charge in [-0.2, -0.15) is 0 Å². The number of carbonyl (C=O) groups excluding carboxylic acids is 1. The van der Waals surface area contributed by atoms with Crippen LogP contribution in [0.3, 0.4) is 0 Å². The molecule has 1 aliphatic rings. The topological polar surface area (TPSA) is 56.7 Å². The van der Waals surface area contributed by atoms with E-state index in [2.05, 4.69) is 43.3 Å². The maximum Gasteiger partial charge on any atom is 0.222 e. The van der Waals surface area contributed by atoms with Gasteiger partial charge in [0.1, 0.15) is 0 Å². The predicted octanol–water partition coefficient (Wildman–Crippen LogP) is 3.00. The molecule has 5 nitrogen and oxygen atoms in total. The van der Waals surface area contributed by atoms with Crippen molar-refractivity contribution < 1.29 is 4.79 Å². The molecule has 1 fully saturated rings. The highest BCUT2D eigenvalue weighted by molar-refractivity contribution is 14.0. The van der Waals surface area contributed by atoms with Crippen molar-refractivity contribution in [3.05, 3.63) is 0 Å². The molecule has 0 spiro atoms. The summed E-state index contributed by atoms with van der Waals surface area (Å²) >= 11 is 0. The van der Waals surface area contributed by atoms with Crippen molar-refractivity contribution in [2.45, 2.75) is 59.8 Å². The Labute approximate surface area is 159 Å². The standard InChI is InChI=1S/C17H34N4O.HI/c1-5-18-16(19-11-7-10-17(2,3)4)20-12-8-14-21-13-6-9-15(21)22;/h5-14H2,1-4H3,(H2,18,19,20);1H. The van der Waals surface area contributed by atoms with Crippen molar-refractivity contribution in [1.82, 2.24) is 15.5 Å². The number of hydrogen-bond acceptors (Lipinski definition) is 2. The fourth-order valence-electron chi connectivity index (χ4n) is 2.56. The van der Waals surface area contributed by atoms with Crippen LogP contribution in [0.5, 0.6) is 0 Å². The van der Waals surface area contributed by atoms with Crippen LogP contribution in [0.25, 0.3) is 0 Å². The molecule has 0 aromatic heterocycles. The van der Waals surface area contributed by atoms with E-state index in [0.717, 1.165) is 64.4 Å². The lowest BCUT2D eigenvalue weighted by Crippen LogP contribution is -2.38. The first kappa shape index (κ1) is 22.5. The molecule has 136 valence electrons. The van der Waals surface area contributed by atoms with Gasteiger partial charge in [0.25, 0.3) is 0 Å². The second kappa shape index (κ2) is 11.9. The van der Waals surface area contributed by atoms with Gasteiger partial charge in [-0.05, 0) is 38.0 Å². The quantitative estimate of drug-likeness (QED) is 0.265. The number of amides is 1. The Balaban J connectivity index is 0.00000484. The molecule has 0 aromatic rings. The smallest absolute Gasteiger partial charge is 0.222 e. The van der Waals surface area contributed by atoms with Crippen LogP contribution in [0.2, 0.25) is 0 Å². The van der Waals surface area contributed by atoms with Crippen molar-refractivity contribution >= 4 is 35.8 Å². The maximum absolute atomic E-state index is 11.5. The van der Waals surface area contributed by atoms with Gasteiger partial charge in [0.2, 0.25) is 5.91 Å². The molecular formula is C17H35IN4O. The van der Waals surface area contributed by atoms with Gasteiger partial charge >= 0.3 is 0 Å². The minimum Gasteiger partial charge on any atom is -0.357 e. The predicted molar refractivity (Wildman–Crippen MR) is 109 cm³/mol. The zero-order chi connectivity index (χ0) is 16.4. The van der Waals surface area contributed by atoms with E-state index in [9.17, 15) is 4.79 Å². The van der Waals surface area contributed by atoms with Crippen molar-refractivity contribution in [1.29, 1.82) is 0 Å². The highest BCUT2D eigenvalue weighted by atomic mass is 127. The number of rotatable bonds is 8. The van der Waals surface area contributed by atoms with Crippen LogP contribution >= 0.6 is 24.0 Å². The minimum atomic E-state index is 0. The number of carbonyl (C=O) groups is 1. The average molecular weight is 438 g/mol. The van der Waals surface area contributed by atoms with Crippen molar-refractivity contribution in [2.75, 3.05) is 32.7 Å².